The fraction of sp³-hybridized carbons (Fsp3) is 0.615. The van der Waals surface area contributed by atoms with Crippen molar-refractivity contribution in [3.05, 3.63) is 24.0 Å². The SMILES string of the molecule is CC(C)CC(C)N(C)c1ccncc1CO. The van der Waals surface area contributed by atoms with Gasteiger partial charge in [0.25, 0.3) is 0 Å². The molecule has 0 aliphatic heterocycles. The van der Waals surface area contributed by atoms with E-state index in [0.717, 1.165) is 17.7 Å². The predicted molar refractivity (Wildman–Crippen MR) is 67.5 cm³/mol. The molecule has 0 amide bonds. The summed E-state index contributed by atoms with van der Waals surface area (Å²) in [6.45, 7) is 6.71. The van der Waals surface area contributed by atoms with E-state index in [4.69, 9.17) is 0 Å². The molecule has 0 spiro atoms. The van der Waals surface area contributed by atoms with Gasteiger partial charge in [0, 0.05) is 36.7 Å². The Balaban J connectivity index is 2.82. The van der Waals surface area contributed by atoms with E-state index < -0.39 is 0 Å². The van der Waals surface area contributed by atoms with Crippen molar-refractivity contribution in [2.45, 2.75) is 39.8 Å². The molecular formula is C13H22N2O. The Morgan fingerprint density at radius 1 is 1.38 bits per heavy atom. The Morgan fingerprint density at radius 2 is 2.06 bits per heavy atom. The van der Waals surface area contributed by atoms with Gasteiger partial charge in [-0.05, 0) is 25.3 Å². The van der Waals surface area contributed by atoms with Gasteiger partial charge in [0.2, 0.25) is 0 Å². The molecule has 1 N–H and O–H groups in total. The first-order chi connectivity index (χ1) is 7.56. The highest BCUT2D eigenvalue weighted by molar-refractivity contribution is 5.51. The molecule has 90 valence electrons. The van der Waals surface area contributed by atoms with Crippen molar-refractivity contribution in [2.24, 2.45) is 5.92 Å². The number of hydrogen-bond donors (Lipinski definition) is 1. The molecule has 3 nitrogen and oxygen atoms in total. The average Bonchev–Trinajstić information content (AvgIpc) is 2.27. The Labute approximate surface area is 98.1 Å². The zero-order valence-electron chi connectivity index (χ0n) is 10.6. The zero-order chi connectivity index (χ0) is 12.1. The number of rotatable bonds is 5. The number of aliphatic hydroxyl groups is 1. The van der Waals surface area contributed by atoms with Crippen LogP contribution in [0.25, 0.3) is 0 Å². The maximum Gasteiger partial charge on any atom is 0.0717 e. The highest BCUT2D eigenvalue weighted by Gasteiger charge is 2.14. The third-order valence-corrected chi connectivity index (χ3v) is 2.90. The quantitative estimate of drug-likeness (QED) is 0.831. The summed E-state index contributed by atoms with van der Waals surface area (Å²) in [6.07, 6.45) is 4.64. The number of aromatic nitrogens is 1. The number of hydrogen-bond acceptors (Lipinski definition) is 3. The molecule has 0 aliphatic rings. The number of aliphatic hydroxyl groups excluding tert-OH is 1. The fourth-order valence-electron chi connectivity index (χ4n) is 1.96. The van der Waals surface area contributed by atoms with Crippen LogP contribution in [0, 0.1) is 5.92 Å². The molecule has 0 saturated carbocycles. The number of anilines is 1. The minimum absolute atomic E-state index is 0.0436. The third-order valence-electron chi connectivity index (χ3n) is 2.90. The molecule has 0 bridgehead atoms. The second-order valence-electron chi connectivity index (χ2n) is 4.75. The van der Waals surface area contributed by atoms with Crippen molar-refractivity contribution < 1.29 is 5.11 Å². The van der Waals surface area contributed by atoms with Gasteiger partial charge in [-0.3, -0.25) is 4.98 Å². The summed E-state index contributed by atoms with van der Waals surface area (Å²) >= 11 is 0. The van der Waals surface area contributed by atoms with Gasteiger partial charge in [0.15, 0.2) is 0 Å². The minimum Gasteiger partial charge on any atom is -0.392 e. The highest BCUT2D eigenvalue weighted by Crippen LogP contribution is 2.22. The van der Waals surface area contributed by atoms with Crippen molar-refractivity contribution >= 4 is 5.69 Å². The van der Waals surface area contributed by atoms with Crippen molar-refractivity contribution in [1.82, 2.24) is 4.98 Å². The zero-order valence-corrected chi connectivity index (χ0v) is 10.6. The number of nitrogens with zero attached hydrogens (tertiary/aromatic N) is 2. The molecule has 0 fully saturated rings. The smallest absolute Gasteiger partial charge is 0.0717 e. The molecule has 0 saturated heterocycles. The van der Waals surface area contributed by atoms with Gasteiger partial charge < -0.3 is 10.0 Å². The summed E-state index contributed by atoms with van der Waals surface area (Å²) in [6, 6.07) is 2.43. The van der Waals surface area contributed by atoms with Crippen LogP contribution < -0.4 is 4.90 Å². The predicted octanol–water partition coefficient (Wildman–Crippen LogP) is 2.44. The first-order valence-electron chi connectivity index (χ1n) is 5.82. The van der Waals surface area contributed by atoms with Crippen molar-refractivity contribution in [2.75, 3.05) is 11.9 Å². The maximum atomic E-state index is 9.26. The lowest BCUT2D eigenvalue weighted by Gasteiger charge is -2.29. The summed E-state index contributed by atoms with van der Waals surface area (Å²) in [7, 11) is 2.07. The van der Waals surface area contributed by atoms with Crippen LogP contribution in [0.4, 0.5) is 5.69 Å². The Bertz CT molecular complexity index is 325. The second-order valence-corrected chi connectivity index (χ2v) is 4.75. The van der Waals surface area contributed by atoms with Crippen LogP contribution >= 0.6 is 0 Å². The normalized spacial score (nSPS) is 12.9. The van der Waals surface area contributed by atoms with Gasteiger partial charge in [-0.15, -0.1) is 0 Å². The molecule has 0 radical (unpaired) electrons. The minimum atomic E-state index is 0.0436. The van der Waals surface area contributed by atoms with Crippen LogP contribution in [0.5, 0.6) is 0 Å². The van der Waals surface area contributed by atoms with Crippen LogP contribution in [0.3, 0.4) is 0 Å². The van der Waals surface area contributed by atoms with E-state index in [1.54, 1.807) is 12.4 Å². The summed E-state index contributed by atoms with van der Waals surface area (Å²) < 4.78 is 0. The van der Waals surface area contributed by atoms with Crippen LogP contribution in [0.2, 0.25) is 0 Å². The van der Waals surface area contributed by atoms with Crippen LogP contribution in [0.15, 0.2) is 18.5 Å². The van der Waals surface area contributed by atoms with Crippen LogP contribution in [-0.2, 0) is 6.61 Å². The second kappa shape index (κ2) is 5.85. The van der Waals surface area contributed by atoms with E-state index in [2.05, 4.69) is 37.7 Å². The molecule has 1 aromatic heterocycles. The maximum absolute atomic E-state index is 9.26. The first-order valence-corrected chi connectivity index (χ1v) is 5.82. The topological polar surface area (TPSA) is 36.4 Å². The molecule has 3 heteroatoms. The fourth-order valence-corrected chi connectivity index (χ4v) is 1.96. The molecule has 1 atom stereocenters. The lowest BCUT2D eigenvalue weighted by molar-refractivity contribution is 0.281. The molecule has 1 heterocycles. The molecule has 1 unspecified atom stereocenters. The largest absolute Gasteiger partial charge is 0.392 e. The van der Waals surface area contributed by atoms with Gasteiger partial charge >= 0.3 is 0 Å². The molecule has 0 aromatic carbocycles. The van der Waals surface area contributed by atoms with Crippen molar-refractivity contribution in [3.63, 3.8) is 0 Å². The molecule has 1 rings (SSSR count). The Kier molecular flexibility index (Phi) is 4.74. The van der Waals surface area contributed by atoms with Crippen molar-refractivity contribution in [1.29, 1.82) is 0 Å². The van der Waals surface area contributed by atoms with Gasteiger partial charge in [-0.2, -0.15) is 0 Å². The van der Waals surface area contributed by atoms with E-state index in [1.165, 1.54) is 0 Å². The van der Waals surface area contributed by atoms with E-state index >= 15 is 0 Å². The average molecular weight is 222 g/mol. The van der Waals surface area contributed by atoms with Gasteiger partial charge in [-0.25, -0.2) is 0 Å². The van der Waals surface area contributed by atoms with Gasteiger partial charge in [0.05, 0.1) is 6.61 Å². The summed E-state index contributed by atoms with van der Waals surface area (Å²) in [5.41, 5.74) is 1.96. The van der Waals surface area contributed by atoms with E-state index in [1.807, 2.05) is 6.07 Å². The standard InChI is InChI=1S/C13H22N2O/c1-10(2)7-11(3)15(4)13-5-6-14-8-12(13)9-16/h5-6,8,10-11,16H,7,9H2,1-4H3. The van der Waals surface area contributed by atoms with Crippen LogP contribution in [-0.4, -0.2) is 23.2 Å². The Morgan fingerprint density at radius 3 is 2.62 bits per heavy atom. The van der Waals surface area contributed by atoms with Crippen molar-refractivity contribution in [3.8, 4) is 0 Å². The lowest BCUT2D eigenvalue weighted by atomic mass is 10.0. The lowest BCUT2D eigenvalue weighted by Crippen LogP contribution is -2.30. The van der Waals surface area contributed by atoms with E-state index in [0.29, 0.717) is 12.0 Å². The number of pyridine rings is 1. The Hall–Kier alpha value is -1.09. The summed E-state index contributed by atoms with van der Waals surface area (Å²) in [5.74, 6) is 0.678. The summed E-state index contributed by atoms with van der Waals surface area (Å²) in [4.78, 5) is 6.25. The molecular weight excluding hydrogens is 200 g/mol. The van der Waals surface area contributed by atoms with Gasteiger partial charge in [-0.1, -0.05) is 13.8 Å². The van der Waals surface area contributed by atoms with Crippen LogP contribution in [0.1, 0.15) is 32.8 Å². The van der Waals surface area contributed by atoms with Gasteiger partial charge in [0.1, 0.15) is 0 Å². The summed E-state index contributed by atoms with van der Waals surface area (Å²) in [5, 5.41) is 9.26. The molecule has 16 heavy (non-hydrogen) atoms. The monoisotopic (exact) mass is 222 g/mol. The first kappa shape index (κ1) is 13.0. The van der Waals surface area contributed by atoms with E-state index in [9.17, 15) is 5.11 Å². The van der Waals surface area contributed by atoms with E-state index in [-0.39, 0.29) is 6.61 Å². The highest BCUT2D eigenvalue weighted by atomic mass is 16.3. The molecule has 0 aliphatic carbocycles. The molecule has 1 aromatic rings. The third kappa shape index (κ3) is 3.20.